The molecule has 0 bridgehead atoms. The Balaban J connectivity index is 2.99. The monoisotopic (exact) mass is 199 g/mol. The van der Waals surface area contributed by atoms with Crippen LogP contribution in [0.25, 0.3) is 0 Å². The van der Waals surface area contributed by atoms with Crippen LogP contribution in [0.2, 0.25) is 0 Å². The summed E-state index contributed by atoms with van der Waals surface area (Å²) in [6, 6.07) is 0. The Kier molecular flexibility index (Phi) is 5.31. The number of hydrogen-bond donors (Lipinski definition) is 2. The molecule has 0 rings (SSSR count). The van der Waals surface area contributed by atoms with Crippen molar-refractivity contribution in [2.75, 3.05) is 11.9 Å². The first kappa shape index (κ1) is 8.10. The highest BCUT2D eigenvalue weighted by atomic mass is 79.9. The lowest BCUT2D eigenvalue weighted by Gasteiger charge is -1.96. The molecule has 0 unspecified atom stereocenters. The number of alkyl halides is 1. The highest BCUT2D eigenvalue weighted by Gasteiger charge is 1.93. The van der Waals surface area contributed by atoms with Crippen molar-refractivity contribution >= 4 is 34.9 Å². The standard InChI is InChI=1S/C3H6BrNO2S/c4-1-2-5-3(6)7-8/h8H,1-2H2,(H,5,6). The number of amides is 1. The number of nitrogens with one attached hydrogen (secondary N) is 1. The minimum absolute atomic E-state index is 0.521. The summed E-state index contributed by atoms with van der Waals surface area (Å²) < 4.78 is 3.98. The molecular weight excluding hydrogens is 194 g/mol. The van der Waals surface area contributed by atoms with Crippen molar-refractivity contribution in [3.05, 3.63) is 0 Å². The van der Waals surface area contributed by atoms with E-state index in [0.29, 0.717) is 6.54 Å². The average Bonchev–Trinajstić information content (AvgIpc) is 1.83. The van der Waals surface area contributed by atoms with Crippen molar-refractivity contribution in [2.24, 2.45) is 0 Å². The Bertz CT molecular complexity index is 79.7. The van der Waals surface area contributed by atoms with Crippen LogP contribution >= 0.6 is 28.8 Å². The fourth-order valence-corrected chi connectivity index (χ4v) is 0.444. The molecule has 0 aliphatic carbocycles. The van der Waals surface area contributed by atoms with Gasteiger partial charge in [0.15, 0.2) is 0 Å². The van der Waals surface area contributed by atoms with E-state index in [1.165, 1.54) is 0 Å². The molecule has 1 N–H and O–H groups in total. The second-order valence-electron chi connectivity index (χ2n) is 0.995. The summed E-state index contributed by atoms with van der Waals surface area (Å²) in [6.45, 7) is 0.555. The third-order valence-corrected chi connectivity index (χ3v) is 1.01. The van der Waals surface area contributed by atoms with Gasteiger partial charge in [-0.05, 0) is 0 Å². The first-order valence-electron chi connectivity index (χ1n) is 1.96. The van der Waals surface area contributed by atoms with Crippen LogP contribution < -0.4 is 5.32 Å². The number of thiol groups is 1. The van der Waals surface area contributed by atoms with Gasteiger partial charge in [-0.25, -0.2) is 4.79 Å². The number of rotatable bonds is 2. The summed E-state index contributed by atoms with van der Waals surface area (Å²) in [6.07, 6.45) is -0.521. The van der Waals surface area contributed by atoms with Gasteiger partial charge in [0.25, 0.3) is 0 Å². The topological polar surface area (TPSA) is 38.3 Å². The lowest BCUT2D eigenvalue weighted by Crippen LogP contribution is -2.23. The Hall–Kier alpha value is 0.1000. The van der Waals surface area contributed by atoms with Crippen LogP contribution in [-0.2, 0) is 4.18 Å². The number of hydrogen-bond acceptors (Lipinski definition) is 3. The predicted molar refractivity (Wildman–Crippen MR) is 37.3 cm³/mol. The van der Waals surface area contributed by atoms with E-state index in [1.54, 1.807) is 0 Å². The number of halogens is 1. The summed E-state index contributed by atoms with van der Waals surface area (Å²) in [4.78, 5) is 10.1. The molecule has 0 atom stereocenters. The maximum absolute atomic E-state index is 10.1. The molecule has 1 amide bonds. The average molecular weight is 200 g/mol. The Morgan fingerprint density at radius 2 is 2.50 bits per heavy atom. The molecule has 0 heterocycles. The maximum Gasteiger partial charge on any atom is 0.419 e. The highest BCUT2D eigenvalue weighted by Crippen LogP contribution is 1.80. The van der Waals surface area contributed by atoms with Crippen molar-refractivity contribution in [3.8, 4) is 0 Å². The molecule has 0 saturated carbocycles. The smallest absolute Gasteiger partial charge is 0.378 e. The van der Waals surface area contributed by atoms with E-state index in [0.717, 1.165) is 5.33 Å². The second kappa shape index (κ2) is 5.24. The number of carbonyl (C=O) groups is 1. The quantitative estimate of drug-likeness (QED) is 0.395. The summed E-state index contributed by atoms with van der Waals surface area (Å²) in [5.41, 5.74) is 0. The fraction of sp³-hybridized carbons (Fsp3) is 0.667. The molecule has 0 aromatic heterocycles. The molecule has 8 heavy (non-hydrogen) atoms. The van der Waals surface area contributed by atoms with Crippen LogP contribution in [0.15, 0.2) is 0 Å². The summed E-state index contributed by atoms with van der Waals surface area (Å²) in [5, 5.41) is 3.12. The Labute approximate surface area is 61.5 Å². The third kappa shape index (κ3) is 4.26. The molecule has 5 heteroatoms. The van der Waals surface area contributed by atoms with Crippen molar-refractivity contribution in [1.29, 1.82) is 0 Å². The molecule has 3 nitrogen and oxygen atoms in total. The number of carbonyl (C=O) groups excluding carboxylic acids is 1. The molecule has 48 valence electrons. The van der Waals surface area contributed by atoms with Gasteiger partial charge < -0.3 is 9.50 Å². The van der Waals surface area contributed by atoms with Crippen LogP contribution in [0.4, 0.5) is 4.79 Å². The first-order valence-corrected chi connectivity index (χ1v) is 3.45. The molecule has 0 radical (unpaired) electrons. The van der Waals surface area contributed by atoms with Crippen LogP contribution in [0.1, 0.15) is 0 Å². The van der Waals surface area contributed by atoms with Crippen LogP contribution in [0.3, 0.4) is 0 Å². The van der Waals surface area contributed by atoms with E-state index < -0.39 is 6.09 Å². The largest absolute Gasteiger partial charge is 0.419 e. The van der Waals surface area contributed by atoms with Crippen molar-refractivity contribution in [3.63, 3.8) is 0 Å². The van der Waals surface area contributed by atoms with E-state index in [9.17, 15) is 4.79 Å². The van der Waals surface area contributed by atoms with Gasteiger partial charge in [-0.1, -0.05) is 15.9 Å². The van der Waals surface area contributed by atoms with E-state index in [1.807, 2.05) is 0 Å². The zero-order chi connectivity index (χ0) is 6.41. The Morgan fingerprint density at radius 3 is 2.88 bits per heavy atom. The third-order valence-electron chi connectivity index (χ3n) is 0.447. The minimum atomic E-state index is -0.521. The zero-order valence-corrected chi connectivity index (χ0v) is 6.54. The van der Waals surface area contributed by atoms with Gasteiger partial charge in [-0.2, -0.15) is 0 Å². The van der Waals surface area contributed by atoms with E-state index in [-0.39, 0.29) is 0 Å². The van der Waals surface area contributed by atoms with E-state index >= 15 is 0 Å². The molecule has 0 aromatic rings. The van der Waals surface area contributed by atoms with Gasteiger partial charge in [0.05, 0.1) is 0 Å². The summed E-state index contributed by atoms with van der Waals surface area (Å²) in [7, 11) is 0. The van der Waals surface area contributed by atoms with Gasteiger partial charge in [-0.3, -0.25) is 0 Å². The molecular formula is C3H6BrNO2S. The predicted octanol–water partition coefficient (Wildman–Crippen LogP) is 0.952. The Morgan fingerprint density at radius 1 is 1.88 bits per heavy atom. The fourth-order valence-electron chi connectivity index (χ4n) is 0.182. The van der Waals surface area contributed by atoms with Crippen LogP contribution in [0, 0.1) is 0 Å². The molecule has 0 aromatic carbocycles. The van der Waals surface area contributed by atoms with Crippen molar-refractivity contribution in [1.82, 2.24) is 5.32 Å². The molecule has 0 aliphatic heterocycles. The van der Waals surface area contributed by atoms with Crippen LogP contribution in [-0.4, -0.2) is 18.0 Å². The van der Waals surface area contributed by atoms with Gasteiger partial charge in [0, 0.05) is 24.8 Å². The summed E-state index contributed by atoms with van der Waals surface area (Å²) >= 11 is 6.37. The molecule has 0 spiro atoms. The normalized spacial score (nSPS) is 8.25. The van der Waals surface area contributed by atoms with Crippen molar-refractivity contribution < 1.29 is 8.98 Å². The minimum Gasteiger partial charge on any atom is -0.378 e. The van der Waals surface area contributed by atoms with Crippen LogP contribution in [0.5, 0.6) is 0 Å². The summed E-state index contributed by atoms with van der Waals surface area (Å²) in [5.74, 6) is 0. The van der Waals surface area contributed by atoms with Gasteiger partial charge in [0.1, 0.15) is 0 Å². The van der Waals surface area contributed by atoms with Gasteiger partial charge >= 0.3 is 6.09 Å². The van der Waals surface area contributed by atoms with E-state index in [2.05, 4.69) is 38.3 Å². The van der Waals surface area contributed by atoms with Gasteiger partial charge in [-0.15, -0.1) is 0 Å². The van der Waals surface area contributed by atoms with E-state index in [4.69, 9.17) is 0 Å². The molecule has 0 aliphatic rings. The second-order valence-corrected chi connectivity index (χ2v) is 1.97. The maximum atomic E-state index is 10.1. The molecule has 0 fully saturated rings. The van der Waals surface area contributed by atoms with Crippen molar-refractivity contribution in [2.45, 2.75) is 0 Å². The highest BCUT2D eigenvalue weighted by molar-refractivity contribution is 9.09. The molecule has 0 saturated heterocycles. The lowest BCUT2D eigenvalue weighted by atomic mass is 10.8. The first-order chi connectivity index (χ1) is 3.81. The van der Waals surface area contributed by atoms with Gasteiger partial charge in [0.2, 0.25) is 0 Å². The SMILES string of the molecule is O=C(NCCBr)OS. The zero-order valence-electron chi connectivity index (χ0n) is 4.06. The lowest BCUT2D eigenvalue weighted by molar-refractivity contribution is 0.210.